The van der Waals surface area contributed by atoms with Gasteiger partial charge < -0.3 is 10.1 Å². The minimum Gasteiger partial charge on any atom is -0.497 e. The van der Waals surface area contributed by atoms with Crippen molar-refractivity contribution in [2.75, 3.05) is 17.3 Å². The monoisotopic (exact) mass is 328 g/mol. The van der Waals surface area contributed by atoms with Crippen molar-refractivity contribution in [1.29, 1.82) is 0 Å². The maximum Gasteiger partial charge on any atom is 0.247 e. The van der Waals surface area contributed by atoms with E-state index in [0.717, 1.165) is 5.56 Å². The number of benzene rings is 1. The molecule has 1 aromatic carbocycles. The number of rotatable bonds is 4. The molecule has 0 radical (unpaired) electrons. The third-order valence-electron chi connectivity index (χ3n) is 4.07. The summed E-state index contributed by atoms with van der Waals surface area (Å²) in [7, 11) is 1.57. The summed E-state index contributed by atoms with van der Waals surface area (Å²) in [5, 5.41) is 7.00. The smallest absolute Gasteiger partial charge is 0.247 e. The number of methoxy groups -OCH3 is 1. The topological polar surface area (TPSA) is 76.5 Å². The quantitative estimate of drug-likeness (QED) is 0.931. The van der Waals surface area contributed by atoms with Gasteiger partial charge in [-0.2, -0.15) is 5.10 Å². The van der Waals surface area contributed by atoms with E-state index in [2.05, 4.69) is 10.4 Å². The number of ether oxygens (including phenoxy) is 1. The Morgan fingerprint density at radius 3 is 2.88 bits per heavy atom. The van der Waals surface area contributed by atoms with Crippen LogP contribution in [-0.2, 0) is 16.1 Å². The van der Waals surface area contributed by atoms with Crippen LogP contribution in [-0.4, -0.2) is 34.7 Å². The van der Waals surface area contributed by atoms with E-state index >= 15 is 0 Å². The van der Waals surface area contributed by atoms with E-state index in [1.54, 1.807) is 43.1 Å². The fourth-order valence-corrected chi connectivity index (χ4v) is 2.78. The molecule has 7 nitrogen and oxygen atoms in total. The molecule has 0 aliphatic carbocycles. The van der Waals surface area contributed by atoms with Gasteiger partial charge in [0.15, 0.2) is 0 Å². The average molecular weight is 328 g/mol. The Bertz CT molecular complexity index is 784. The fraction of sp³-hybridized carbons (Fsp3) is 0.353. The van der Waals surface area contributed by atoms with Gasteiger partial charge in [-0.15, -0.1) is 0 Å². The van der Waals surface area contributed by atoms with Crippen molar-refractivity contribution < 1.29 is 14.3 Å². The lowest BCUT2D eigenvalue weighted by atomic mass is 10.1. The van der Waals surface area contributed by atoms with Crippen LogP contribution in [0, 0.1) is 6.92 Å². The van der Waals surface area contributed by atoms with Gasteiger partial charge in [0.25, 0.3) is 0 Å². The predicted molar refractivity (Wildman–Crippen MR) is 90.2 cm³/mol. The van der Waals surface area contributed by atoms with Crippen LogP contribution >= 0.6 is 0 Å². The molecule has 0 spiro atoms. The van der Waals surface area contributed by atoms with Crippen LogP contribution in [0.15, 0.2) is 30.6 Å². The summed E-state index contributed by atoms with van der Waals surface area (Å²) in [4.78, 5) is 26.4. The van der Waals surface area contributed by atoms with Gasteiger partial charge in [-0.1, -0.05) is 0 Å². The molecule has 0 saturated carbocycles. The zero-order valence-corrected chi connectivity index (χ0v) is 13.9. The molecular weight excluding hydrogens is 308 g/mol. The number of amides is 2. The molecule has 1 atom stereocenters. The highest BCUT2D eigenvalue weighted by molar-refractivity contribution is 6.11. The van der Waals surface area contributed by atoms with Gasteiger partial charge in [0, 0.05) is 25.2 Å². The molecule has 0 saturated heterocycles. The number of hydrogen-bond donors (Lipinski definition) is 1. The van der Waals surface area contributed by atoms with Gasteiger partial charge in [0.1, 0.15) is 11.8 Å². The first-order valence-electron chi connectivity index (χ1n) is 7.79. The van der Waals surface area contributed by atoms with Crippen LogP contribution in [0.2, 0.25) is 0 Å². The minimum atomic E-state index is -0.573. The lowest BCUT2D eigenvalue weighted by molar-refractivity contribution is -0.123. The lowest BCUT2D eigenvalue weighted by Crippen LogP contribution is -2.49. The van der Waals surface area contributed by atoms with Gasteiger partial charge in [-0.05, 0) is 31.5 Å². The summed E-state index contributed by atoms with van der Waals surface area (Å²) in [6, 6.07) is 4.69. The van der Waals surface area contributed by atoms with Crippen molar-refractivity contribution in [2.45, 2.75) is 32.9 Å². The number of carbonyl (C=O) groups excluding carboxylic acids is 2. The third kappa shape index (κ3) is 2.97. The minimum absolute atomic E-state index is 0.125. The molecule has 2 aromatic rings. The summed E-state index contributed by atoms with van der Waals surface area (Å²) in [5.41, 5.74) is 2.31. The summed E-state index contributed by atoms with van der Waals surface area (Å²) >= 11 is 0. The van der Waals surface area contributed by atoms with Crippen molar-refractivity contribution >= 4 is 23.2 Å². The second-order valence-electron chi connectivity index (χ2n) is 5.84. The Morgan fingerprint density at radius 2 is 2.21 bits per heavy atom. The summed E-state index contributed by atoms with van der Waals surface area (Å²) in [6.45, 7) is 4.13. The molecule has 3 rings (SSSR count). The molecule has 1 aliphatic heterocycles. The number of aromatic nitrogens is 2. The molecule has 0 bridgehead atoms. The second-order valence-corrected chi connectivity index (χ2v) is 5.84. The highest BCUT2D eigenvalue weighted by Gasteiger charge is 2.33. The zero-order valence-electron chi connectivity index (χ0n) is 13.9. The second kappa shape index (κ2) is 6.35. The predicted octanol–water partition coefficient (Wildman–Crippen LogP) is 1.96. The summed E-state index contributed by atoms with van der Waals surface area (Å²) < 4.78 is 6.97. The Kier molecular flexibility index (Phi) is 4.24. The number of hydrogen-bond acceptors (Lipinski definition) is 4. The molecule has 7 heteroatoms. The Balaban J connectivity index is 1.85. The summed E-state index contributed by atoms with van der Waals surface area (Å²) in [6.07, 6.45) is 3.90. The average Bonchev–Trinajstić information content (AvgIpc) is 2.99. The van der Waals surface area contributed by atoms with E-state index < -0.39 is 6.04 Å². The van der Waals surface area contributed by atoms with Crippen molar-refractivity contribution in [3.63, 3.8) is 0 Å². The SMILES string of the molecule is COc1ccc2c(c1)N(C(=O)CCn1cc(C)cn1)[C@H](C)C(=O)N2. The van der Waals surface area contributed by atoms with Crippen LogP contribution < -0.4 is 15.0 Å². The molecule has 2 amide bonds. The van der Waals surface area contributed by atoms with Crippen LogP contribution in [0.25, 0.3) is 0 Å². The van der Waals surface area contributed by atoms with E-state index in [0.29, 0.717) is 23.7 Å². The maximum atomic E-state index is 12.8. The highest BCUT2D eigenvalue weighted by Crippen LogP contribution is 2.35. The van der Waals surface area contributed by atoms with E-state index in [-0.39, 0.29) is 18.2 Å². The largest absolute Gasteiger partial charge is 0.497 e. The van der Waals surface area contributed by atoms with Gasteiger partial charge in [-0.25, -0.2) is 0 Å². The molecule has 0 unspecified atom stereocenters. The van der Waals surface area contributed by atoms with Crippen molar-refractivity contribution in [3.05, 3.63) is 36.2 Å². The first-order chi connectivity index (χ1) is 11.5. The lowest BCUT2D eigenvalue weighted by Gasteiger charge is -2.34. The van der Waals surface area contributed by atoms with Crippen molar-refractivity contribution in [1.82, 2.24) is 9.78 Å². The molecule has 1 N–H and O–H groups in total. The van der Waals surface area contributed by atoms with Crippen LogP contribution in [0.1, 0.15) is 18.9 Å². The van der Waals surface area contributed by atoms with Crippen molar-refractivity contribution in [2.24, 2.45) is 0 Å². The Labute approximate surface area is 140 Å². The number of carbonyl (C=O) groups is 2. The fourth-order valence-electron chi connectivity index (χ4n) is 2.78. The molecule has 126 valence electrons. The number of anilines is 2. The van der Waals surface area contributed by atoms with Crippen LogP contribution in [0.3, 0.4) is 0 Å². The number of aryl methyl sites for hydroxylation is 2. The number of fused-ring (bicyclic) bond motifs is 1. The van der Waals surface area contributed by atoms with E-state index in [9.17, 15) is 9.59 Å². The van der Waals surface area contributed by atoms with Gasteiger partial charge in [0.2, 0.25) is 11.8 Å². The van der Waals surface area contributed by atoms with Crippen molar-refractivity contribution in [3.8, 4) is 5.75 Å². The standard InChI is InChI=1S/C17H20N4O3/c1-11-9-18-20(10-11)7-6-16(22)21-12(2)17(23)19-14-5-4-13(24-3)8-15(14)21/h4-5,8-10,12H,6-7H2,1-3H3,(H,19,23)/t12-/m1/s1. The first-order valence-corrected chi connectivity index (χ1v) is 7.79. The maximum absolute atomic E-state index is 12.8. The van der Waals surface area contributed by atoms with E-state index in [4.69, 9.17) is 4.74 Å². The third-order valence-corrected chi connectivity index (χ3v) is 4.07. The van der Waals surface area contributed by atoms with E-state index in [1.165, 1.54) is 4.90 Å². The molecule has 1 aromatic heterocycles. The molecular formula is C17H20N4O3. The number of nitrogens with zero attached hydrogens (tertiary/aromatic N) is 3. The number of nitrogens with one attached hydrogen (secondary N) is 1. The zero-order chi connectivity index (χ0) is 17.3. The summed E-state index contributed by atoms with van der Waals surface area (Å²) in [5.74, 6) is 0.313. The van der Waals surface area contributed by atoms with Crippen LogP contribution in [0.5, 0.6) is 5.75 Å². The van der Waals surface area contributed by atoms with E-state index in [1.807, 2.05) is 13.1 Å². The normalized spacial score (nSPS) is 16.5. The molecule has 0 fully saturated rings. The van der Waals surface area contributed by atoms with Gasteiger partial charge in [-0.3, -0.25) is 19.2 Å². The molecule has 1 aliphatic rings. The Hall–Kier alpha value is -2.83. The van der Waals surface area contributed by atoms with Gasteiger partial charge >= 0.3 is 0 Å². The Morgan fingerprint density at radius 1 is 1.42 bits per heavy atom. The first kappa shape index (κ1) is 16.0. The van der Waals surface area contributed by atoms with Crippen LogP contribution in [0.4, 0.5) is 11.4 Å². The molecule has 2 heterocycles. The molecule has 24 heavy (non-hydrogen) atoms. The highest BCUT2D eigenvalue weighted by atomic mass is 16.5. The van der Waals surface area contributed by atoms with Gasteiger partial charge in [0.05, 0.1) is 24.7 Å².